The van der Waals surface area contributed by atoms with Gasteiger partial charge < -0.3 is 10.2 Å². The van der Waals surface area contributed by atoms with Gasteiger partial charge in [-0.05, 0) is 61.9 Å². The predicted molar refractivity (Wildman–Crippen MR) is 124 cm³/mol. The first kappa shape index (κ1) is 20.8. The number of carbonyl (C=O) groups excluding carboxylic acids is 1. The number of nitrogens with one attached hydrogen (secondary N) is 1. The minimum Gasteiger partial charge on any atom is -0.367 e. The van der Waals surface area contributed by atoms with Crippen molar-refractivity contribution in [2.24, 2.45) is 4.99 Å². The average Bonchev–Trinajstić information content (AvgIpc) is 2.90. The summed E-state index contributed by atoms with van der Waals surface area (Å²) in [7, 11) is 2.03. The van der Waals surface area contributed by atoms with Gasteiger partial charge in [0, 0.05) is 36.0 Å². The van der Waals surface area contributed by atoms with Crippen LogP contribution in [0.4, 0.5) is 10.1 Å². The number of hydrogen-bond donors (Lipinski definition) is 1. The standard InChI is InChI=1S/C26H26FN3O/c1-17-4-7-20(8-5-17)26(31)29-16-22-15-28-25(19-9-11-21(27)12-10-19)23-13-6-18(2)14-24(23)30(22)3/h4-14,22H,15-16H2,1-3H3,(H,29,31). The van der Waals surface area contributed by atoms with Crippen molar-refractivity contribution >= 4 is 17.3 Å². The third-order valence-corrected chi connectivity index (χ3v) is 5.73. The molecule has 1 aliphatic heterocycles. The van der Waals surface area contributed by atoms with Crippen LogP contribution in [0.1, 0.15) is 32.6 Å². The molecule has 0 aromatic heterocycles. The molecule has 0 aliphatic carbocycles. The molecule has 0 saturated heterocycles. The minimum absolute atomic E-state index is 0.00658. The van der Waals surface area contributed by atoms with Crippen LogP contribution in [0.25, 0.3) is 0 Å². The summed E-state index contributed by atoms with van der Waals surface area (Å²) in [5, 5.41) is 3.05. The van der Waals surface area contributed by atoms with Crippen molar-refractivity contribution in [2.75, 3.05) is 25.0 Å². The first-order valence-corrected chi connectivity index (χ1v) is 10.4. The number of amides is 1. The van der Waals surface area contributed by atoms with Crippen molar-refractivity contribution in [3.8, 4) is 0 Å². The SMILES string of the molecule is Cc1ccc(C(=O)NCC2CN=C(c3ccc(F)cc3)c3ccc(C)cc3N2C)cc1. The van der Waals surface area contributed by atoms with E-state index in [4.69, 9.17) is 4.99 Å². The summed E-state index contributed by atoms with van der Waals surface area (Å²) in [5.74, 6) is -0.360. The van der Waals surface area contributed by atoms with Gasteiger partial charge in [-0.25, -0.2) is 4.39 Å². The molecule has 0 bridgehead atoms. The molecule has 3 aromatic carbocycles. The lowest BCUT2D eigenvalue weighted by Crippen LogP contribution is -2.43. The molecule has 1 aliphatic rings. The largest absolute Gasteiger partial charge is 0.367 e. The van der Waals surface area contributed by atoms with Crippen LogP contribution >= 0.6 is 0 Å². The topological polar surface area (TPSA) is 44.7 Å². The Bertz CT molecular complexity index is 1120. The highest BCUT2D eigenvalue weighted by Crippen LogP contribution is 2.29. The second-order valence-electron chi connectivity index (χ2n) is 8.06. The monoisotopic (exact) mass is 415 g/mol. The molecule has 0 spiro atoms. The molecular formula is C26H26FN3O. The van der Waals surface area contributed by atoms with Crippen molar-refractivity contribution in [3.63, 3.8) is 0 Å². The fraction of sp³-hybridized carbons (Fsp3) is 0.231. The minimum atomic E-state index is -0.268. The summed E-state index contributed by atoms with van der Waals surface area (Å²) in [6.45, 7) is 5.04. The van der Waals surface area contributed by atoms with E-state index in [2.05, 4.69) is 35.3 Å². The molecule has 3 aromatic rings. The molecule has 158 valence electrons. The summed E-state index contributed by atoms with van der Waals surface area (Å²) < 4.78 is 13.5. The molecular weight excluding hydrogens is 389 g/mol. The maximum atomic E-state index is 13.5. The highest BCUT2D eigenvalue weighted by atomic mass is 19.1. The summed E-state index contributed by atoms with van der Waals surface area (Å²) in [5.41, 5.74) is 6.69. The summed E-state index contributed by atoms with van der Waals surface area (Å²) in [6.07, 6.45) is 0. The Morgan fingerprint density at radius 2 is 1.71 bits per heavy atom. The highest BCUT2D eigenvalue weighted by molar-refractivity contribution is 6.16. The lowest BCUT2D eigenvalue weighted by Gasteiger charge is -2.29. The van der Waals surface area contributed by atoms with E-state index < -0.39 is 0 Å². The van der Waals surface area contributed by atoms with E-state index in [9.17, 15) is 9.18 Å². The number of nitrogens with zero attached hydrogens (tertiary/aromatic N) is 2. The number of halogens is 1. The van der Waals surface area contributed by atoms with E-state index in [0.717, 1.165) is 33.7 Å². The Morgan fingerprint density at radius 3 is 2.42 bits per heavy atom. The van der Waals surface area contributed by atoms with Crippen LogP contribution in [0.15, 0.2) is 71.7 Å². The fourth-order valence-electron chi connectivity index (χ4n) is 3.81. The number of aliphatic imine (C=N–C) groups is 1. The molecule has 4 rings (SSSR count). The smallest absolute Gasteiger partial charge is 0.251 e. The third kappa shape index (κ3) is 4.50. The lowest BCUT2D eigenvalue weighted by molar-refractivity contribution is 0.0951. The van der Waals surface area contributed by atoms with Gasteiger partial charge in [0.2, 0.25) is 0 Å². The van der Waals surface area contributed by atoms with E-state index in [-0.39, 0.29) is 17.8 Å². The van der Waals surface area contributed by atoms with E-state index in [1.807, 2.05) is 38.2 Å². The number of likely N-dealkylation sites (N-methyl/N-ethyl adjacent to an activating group) is 1. The zero-order valence-corrected chi connectivity index (χ0v) is 18.0. The van der Waals surface area contributed by atoms with E-state index in [1.165, 1.54) is 12.1 Å². The number of hydrogen-bond acceptors (Lipinski definition) is 3. The fourth-order valence-corrected chi connectivity index (χ4v) is 3.81. The Morgan fingerprint density at radius 1 is 1.03 bits per heavy atom. The molecule has 0 fully saturated rings. The Hall–Kier alpha value is -3.47. The van der Waals surface area contributed by atoms with E-state index in [0.29, 0.717) is 18.7 Å². The average molecular weight is 416 g/mol. The molecule has 4 nitrogen and oxygen atoms in total. The molecule has 0 saturated carbocycles. The molecule has 1 atom stereocenters. The zero-order chi connectivity index (χ0) is 22.0. The normalized spacial score (nSPS) is 15.7. The van der Waals surface area contributed by atoms with Crippen molar-refractivity contribution < 1.29 is 9.18 Å². The van der Waals surface area contributed by atoms with E-state index in [1.54, 1.807) is 12.1 Å². The summed E-state index contributed by atoms with van der Waals surface area (Å²) in [6, 6.07) is 20.2. The summed E-state index contributed by atoms with van der Waals surface area (Å²) >= 11 is 0. The van der Waals surface area contributed by atoms with Crippen LogP contribution in [0.5, 0.6) is 0 Å². The van der Waals surface area contributed by atoms with Gasteiger partial charge in [-0.2, -0.15) is 0 Å². The van der Waals surface area contributed by atoms with Gasteiger partial charge in [0.05, 0.1) is 18.3 Å². The van der Waals surface area contributed by atoms with Gasteiger partial charge in [-0.15, -0.1) is 0 Å². The second-order valence-corrected chi connectivity index (χ2v) is 8.06. The van der Waals surface area contributed by atoms with Gasteiger partial charge in [-0.1, -0.05) is 29.8 Å². The number of fused-ring (bicyclic) bond motifs is 1. The van der Waals surface area contributed by atoms with Gasteiger partial charge in [0.25, 0.3) is 5.91 Å². The number of aryl methyl sites for hydroxylation is 2. The second kappa shape index (κ2) is 8.72. The number of benzodiazepines with no additional fused rings is 1. The van der Waals surface area contributed by atoms with Crippen LogP contribution in [-0.4, -0.2) is 37.8 Å². The first-order chi connectivity index (χ1) is 14.9. The Balaban J connectivity index is 1.61. The van der Waals surface area contributed by atoms with Crippen LogP contribution in [0, 0.1) is 19.7 Å². The van der Waals surface area contributed by atoms with Crippen molar-refractivity contribution in [2.45, 2.75) is 19.9 Å². The van der Waals surface area contributed by atoms with Gasteiger partial charge in [0.15, 0.2) is 0 Å². The Kier molecular flexibility index (Phi) is 5.85. The molecule has 1 amide bonds. The van der Waals surface area contributed by atoms with Crippen molar-refractivity contribution in [3.05, 3.63) is 100 Å². The molecule has 0 radical (unpaired) electrons. The van der Waals surface area contributed by atoms with Crippen molar-refractivity contribution in [1.82, 2.24) is 5.32 Å². The van der Waals surface area contributed by atoms with Crippen LogP contribution in [0.3, 0.4) is 0 Å². The van der Waals surface area contributed by atoms with E-state index >= 15 is 0 Å². The van der Waals surface area contributed by atoms with Gasteiger partial charge in [-0.3, -0.25) is 9.79 Å². The molecule has 1 heterocycles. The molecule has 1 N–H and O–H groups in total. The number of anilines is 1. The van der Waals surface area contributed by atoms with Crippen LogP contribution in [0.2, 0.25) is 0 Å². The number of rotatable bonds is 4. The number of benzene rings is 3. The molecule has 31 heavy (non-hydrogen) atoms. The first-order valence-electron chi connectivity index (χ1n) is 10.4. The molecule has 5 heteroatoms. The quantitative estimate of drug-likeness (QED) is 0.681. The maximum absolute atomic E-state index is 13.5. The van der Waals surface area contributed by atoms with Crippen molar-refractivity contribution in [1.29, 1.82) is 0 Å². The zero-order valence-electron chi connectivity index (χ0n) is 18.0. The highest BCUT2D eigenvalue weighted by Gasteiger charge is 2.25. The Labute approximate surface area is 182 Å². The van der Waals surface area contributed by atoms with Crippen LogP contribution < -0.4 is 10.2 Å². The maximum Gasteiger partial charge on any atom is 0.251 e. The van der Waals surface area contributed by atoms with Crippen LogP contribution in [-0.2, 0) is 0 Å². The third-order valence-electron chi connectivity index (χ3n) is 5.73. The predicted octanol–water partition coefficient (Wildman–Crippen LogP) is 4.53. The summed E-state index contributed by atoms with van der Waals surface area (Å²) in [4.78, 5) is 19.7. The number of carbonyl (C=O) groups is 1. The van der Waals surface area contributed by atoms with Gasteiger partial charge >= 0.3 is 0 Å². The molecule has 1 unspecified atom stereocenters. The lowest BCUT2D eigenvalue weighted by atomic mass is 9.99. The van der Waals surface area contributed by atoms with Gasteiger partial charge in [0.1, 0.15) is 5.82 Å².